The van der Waals surface area contributed by atoms with Gasteiger partial charge in [-0.1, -0.05) is 0 Å². The van der Waals surface area contributed by atoms with Gasteiger partial charge in [0.2, 0.25) is 0 Å². The maximum Gasteiger partial charge on any atom is 0.330 e. The summed E-state index contributed by atoms with van der Waals surface area (Å²) >= 11 is 8.37. The Morgan fingerprint density at radius 2 is 2.06 bits per heavy atom. The van der Waals surface area contributed by atoms with E-state index in [1.54, 1.807) is 0 Å². The quantitative estimate of drug-likeness (QED) is 0.696. The third-order valence-electron chi connectivity index (χ3n) is 2.51. The standard InChI is InChI=1S/C10H12N4O2S2/c15-9-7-8(12-3-2-11-7)13-10(16)14(9)4-1-6(18)5-17/h2-3,6,17-18H,1,4-5H2,(H,12,13,16). The van der Waals surface area contributed by atoms with Crippen molar-refractivity contribution < 1.29 is 0 Å². The minimum Gasteiger partial charge on any atom is -0.290 e. The first-order valence-corrected chi connectivity index (χ1v) is 6.51. The molecule has 6 nitrogen and oxygen atoms in total. The van der Waals surface area contributed by atoms with E-state index in [1.165, 1.54) is 12.4 Å². The summed E-state index contributed by atoms with van der Waals surface area (Å²) in [7, 11) is 0. The summed E-state index contributed by atoms with van der Waals surface area (Å²) in [5.41, 5.74) is -0.534. The number of rotatable bonds is 4. The van der Waals surface area contributed by atoms with E-state index in [0.29, 0.717) is 12.2 Å². The Morgan fingerprint density at radius 3 is 2.78 bits per heavy atom. The molecule has 0 fully saturated rings. The van der Waals surface area contributed by atoms with E-state index in [1.807, 2.05) is 0 Å². The zero-order valence-electron chi connectivity index (χ0n) is 9.41. The molecule has 1 N–H and O–H groups in total. The fourth-order valence-electron chi connectivity index (χ4n) is 1.55. The molecule has 0 aliphatic rings. The highest BCUT2D eigenvalue weighted by molar-refractivity contribution is 7.84. The van der Waals surface area contributed by atoms with Crippen molar-refractivity contribution in [3.63, 3.8) is 0 Å². The van der Waals surface area contributed by atoms with Crippen molar-refractivity contribution in [2.24, 2.45) is 0 Å². The van der Waals surface area contributed by atoms with Crippen LogP contribution in [0, 0.1) is 0 Å². The number of hydrogen-bond donors (Lipinski definition) is 3. The lowest BCUT2D eigenvalue weighted by molar-refractivity contribution is 0.597. The maximum atomic E-state index is 12.0. The number of fused-ring (bicyclic) bond motifs is 1. The van der Waals surface area contributed by atoms with Crippen molar-refractivity contribution in [1.82, 2.24) is 19.5 Å². The van der Waals surface area contributed by atoms with Crippen LogP contribution in [0.5, 0.6) is 0 Å². The van der Waals surface area contributed by atoms with Gasteiger partial charge in [-0.3, -0.25) is 14.3 Å². The van der Waals surface area contributed by atoms with Gasteiger partial charge in [-0.2, -0.15) is 25.3 Å². The average molecular weight is 284 g/mol. The first-order chi connectivity index (χ1) is 8.63. The first-order valence-electron chi connectivity index (χ1n) is 5.36. The summed E-state index contributed by atoms with van der Waals surface area (Å²) < 4.78 is 1.11. The molecule has 18 heavy (non-hydrogen) atoms. The number of nitrogens with zero attached hydrogens (tertiary/aromatic N) is 3. The Balaban J connectivity index is 2.45. The summed E-state index contributed by atoms with van der Waals surface area (Å²) in [5, 5.41) is 0.0391. The Kier molecular flexibility index (Phi) is 4.07. The second-order valence-electron chi connectivity index (χ2n) is 3.77. The van der Waals surface area contributed by atoms with E-state index >= 15 is 0 Å². The van der Waals surface area contributed by atoms with Gasteiger partial charge in [0.1, 0.15) is 0 Å². The van der Waals surface area contributed by atoms with E-state index in [9.17, 15) is 9.59 Å². The summed E-state index contributed by atoms with van der Waals surface area (Å²) in [6.07, 6.45) is 3.43. The summed E-state index contributed by atoms with van der Waals surface area (Å²) in [5.74, 6) is 0.586. The smallest absolute Gasteiger partial charge is 0.290 e. The molecular weight excluding hydrogens is 272 g/mol. The summed E-state index contributed by atoms with van der Waals surface area (Å²) in [6, 6.07) is 0. The van der Waals surface area contributed by atoms with Crippen molar-refractivity contribution >= 4 is 36.4 Å². The van der Waals surface area contributed by atoms with Gasteiger partial charge < -0.3 is 0 Å². The van der Waals surface area contributed by atoms with Gasteiger partial charge in [0.25, 0.3) is 5.56 Å². The van der Waals surface area contributed by atoms with Gasteiger partial charge in [-0.25, -0.2) is 14.8 Å². The lowest BCUT2D eigenvalue weighted by Gasteiger charge is -2.08. The van der Waals surface area contributed by atoms with Gasteiger partial charge in [0, 0.05) is 29.9 Å². The highest BCUT2D eigenvalue weighted by atomic mass is 32.1. The van der Waals surface area contributed by atoms with Crippen LogP contribution in [0.15, 0.2) is 22.0 Å². The van der Waals surface area contributed by atoms with Crippen LogP contribution in [0.1, 0.15) is 6.42 Å². The molecular formula is C10H12N4O2S2. The third kappa shape index (κ3) is 2.59. The molecule has 1 atom stereocenters. The minimum absolute atomic E-state index is 0.0391. The molecule has 0 saturated carbocycles. The predicted octanol–water partition coefficient (Wildman–Crippen LogP) is 0.0981. The predicted molar refractivity (Wildman–Crippen MR) is 75.7 cm³/mol. The summed E-state index contributed by atoms with van der Waals surface area (Å²) in [4.78, 5) is 34.2. The van der Waals surface area contributed by atoms with Crippen LogP contribution >= 0.6 is 25.3 Å². The lowest BCUT2D eigenvalue weighted by atomic mass is 10.3. The monoisotopic (exact) mass is 284 g/mol. The molecule has 0 aliphatic carbocycles. The van der Waals surface area contributed by atoms with Crippen molar-refractivity contribution in [1.29, 1.82) is 0 Å². The van der Waals surface area contributed by atoms with Crippen molar-refractivity contribution in [3.05, 3.63) is 33.2 Å². The number of hydrogen-bond acceptors (Lipinski definition) is 6. The molecule has 2 heterocycles. The van der Waals surface area contributed by atoms with E-state index in [0.717, 1.165) is 4.57 Å². The van der Waals surface area contributed by atoms with Crippen LogP contribution < -0.4 is 11.2 Å². The zero-order chi connectivity index (χ0) is 13.1. The topological polar surface area (TPSA) is 80.6 Å². The maximum absolute atomic E-state index is 12.0. The van der Waals surface area contributed by atoms with Gasteiger partial charge in [0.05, 0.1) is 0 Å². The van der Waals surface area contributed by atoms with Crippen molar-refractivity contribution in [2.75, 3.05) is 5.75 Å². The molecule has 1 unspecified atom stereocenters. The molecule has 0 radical (unpaired) electrons. The first kappa shape index (κ1) is 13.2. The molecule has 8 heteroatoms. The second kappa shape index (κ2) is 5.57. The number of thiol groups is 2. The molecule has 0 amide bonds. The Bertz CT molecular complexity index is 667. The Morgan fingerprint density at radius 1 is 1.33 bits per heavy atom. The molecule has 0 aliphatic heterocycles. The van der Waals surface area contributed by atoms with Gasteiger partial charge in [-0.05, 0) is 6.42 Å². The summed E-state index contributed by atoms with van der Waals surface area (Å²) in [6.45, 7) is 0.287. The average Bonchev–Trinajstić information content (AvgIpc) is 2.38. The fourth-order valence-corrected chi connectivity index (χ4v) is 1.85. The molecule has 2 aromatic rings. The Hall–Kier alpha value is -1.28. The highest BCUT2D eigenvalue weighted by Gasteiger charge is 2.10. The van der Waals surface area contributed by atoms with Crippen LogP contribution in [0.3, 0.4) is 0 Å². The normalized spacial score (nSPS) is 12.8. The molecule has 0 saturated heterocycles. The van der Waals surface area contributed by atoms with Crippen LogP contribution in [-0.4, -0.2) is 30.5 Å². The molecule has 0 aromatic carbocycles. The van der Waals surface area contributed by atoms with Crippen LogP contribution in [0.25, 0.3) is 11.2 Å². The second-order valence-corrected chi connectivity index (χ2v) is 4.86. The van der Waals surface area contributed by atoms with Gasteiger partial charge in [0.15, 0.2) is 11.2 Å². The van der Waals surface area contributed by atoms with Gasteiger partial charge >= 0.3 is 5.69 Å². The largest absolute Gasteiger partial charge is 0.330 e. The number of aromatic amines is 1. The SMILES string of the molecule is O=c1[nH]c2nccnc2c(=O)n1CCC(S)CS. The molecule has 2 rings (SSSR count). The molecule has 2 aromatic heterocycles. The van der Waals surface area contributed by atoms with Crippen LogP contribution in [-0.2, 0) is 6.54 Å². The van der Waals surface area contributed by atoms with Crippen molar-refractivity contribution in [2.45, 2.75) is 18.2 Å². The van der Waals surface area contributed by atoms with Crippen LogP contribution in [0.2, 0.25) is 0 Å². The number of aromatic nitrogens is 4. The highest BCUT2D eigenvalue weighted by Crippen LogP contribution is 2.04. The Labute approximate surface area is 113 Å². The number of H-pyrrole nitrogens is 1. The number of nitrogens with one attached hydrogen (secondary N) is 1. The van der Waals surface area contributed by atoms with E-state index < -0.39 is 11.2 Å². The van der Waals surface area contributed by atoms with Crippen LogP contribution in [0.4, 0.5) is 0 Å². The third-order valence-corrected chi connectivity index (χ3v) is 3.68. The van der Waals surface area contributed by atoms with E-state index in [4.69, 9.17) is 0 Å². The van der Waals surface area contributed by atoms with Gasteiger partial charge in [-0.15, -0.1) is 0 Å². The van der Waals surface area contributed by atoms with E-state index in [-0.39, 0.29) is 23.0 Å². The van der Waals surface area contributed by atoms with Crippen molar-refractivity contribution in [3.8, 4) is 0 Å². The minimum atomic E-state index is -0.479. The zero-order valence-corrected chi connectivity index (χ0v) is 11.2. The molecule has 0 bridgehead atoms. The fraction of sp³-hybridized carbons (Fsp3) is 0.400. The lowest BCUT2D eigenvalue weighted by Crippen LogP contribution is -2.36. The molecule has 0 spiro atoms. The molecule has 96 valence electrons. The van der Waals surface area contributed by atoms with E-state index in [2.05, 4.69) is 40.2 Å².